The van der Waals surface area contributed by atoms with Crippen molar-refractivity contribution in [1.82, 2.24) is 10.6 Å². The fourth-order valence-electron chi connectivity index (χ4n) is 2.68. The minimum Gasteiger partial charge on any atom is -0.374 e. The molecule has 2 rings (SSSR count). The summed E-state index contributed by atoms with van der Waals surface area (Å²) in [6.45, 7) is 0. The van der Waals surface area contributed by atoms with Crippen LogP contribution in [0.1, 0.15) is 38.5 Å². The van der Waals surface area contributed by atoms with E-state index < -0.39 is 6.23 Å². The average molecular weight is 250 g/mol. The molecule has 2 unspecified atom stereocenters. The molecule has 0 aromatic carbocycles. The Morgan fingerprint density at radius 1 is 1.33 bits per heavy atom. The van der Waals surface area contributed by atoms with Gasteiger partial charge in [-0.3, -0.25) is 10.1 Å². The van der Waals surface area contributed by atoms with Crippen LogP contribution < -0.4 is 10.6 Å². The second kappa shape index (κ2) is 6.71. The molecule has 0 radical (unpaired) electrons. The first-order chi connectivity index (χ1) is 8.79. The molecule has 4 heteroatoms. The van der Waals surface area contributed by atoms with Gasteiger partial charge in [0.2, 0.25) is 6.41 Å². The largest absolute Gasteiger partial charge is 0.374 e. The molecular weight excluding hydrogens is 228 g/mol. The highest BCUT2D eigenvalue weighted by atomic mass is 16.3. The molecular formula is C14H22N2O2. The first-order valence-electron chi connectivity index (χ1n) is 6.81. The third kappa shape index (κ3) is 3.68. The number of amides is 1. The molecule has 1 fully saturated rings. The van der Waals surface area contributed by atoms with Crippen LogP contribution in [-0.2, 0) is 4.79 Å². The lowest BCUT2D eigenvalue weighted by Gasteiger charge is -2.27. The lowest BCUT2D eigenvalue weighted by Crippen LogP contribution is -2.41. The van der Waals surface area contributed by atoms with Crippen molar-refractivity contribution >= 4 is 6.41 Å². The smallest absolute Gasteiger partial charge is 0.207 e. The van der Waals surface area contributed by atoms with Crippen molar-refractivity contribution in [2.45, 2.75) is 56.8 Å². The SMILES string of the molecule is O=CNC1C=C(C(O)NC2CCCCC2)C=CC1. The zero-order chi connectivity index (χ0) is 12.8. The van der Waals surface area contributed by atoms with E-state index in [1.807, 2.05) is 18.2 Å². The third-order valence-corrected chi connectivity index (χ3v) is 3.69. The van der Waals surface area contributed by atoms with E-state index in [-0.39, 0.29) is 6.04 Å². The minimum atomic E-state index is -0.624. The molecule has 0 bridgehead atoms. The van der Waals surface area contributed by atoms with E-state index in [0.717, 1.165) is 24.8 Å². The molecule has 1 saturated carbocycles. The van der Waals surface area contributed by atoms with Gasteiger partial charge < -0.3 is 10.4 Å². The number of aliphatic hydroxyl groups excluding tert-OH is 1. The normalized spacial score (nSPS) is 26.5. The molecule has 1 amide bonds. The summed E-state index contributed by atoms with van der Waals surface area (Å²) in [5.74, 6) is 0. The van der Waals surface area contributed by atoms with Crippen LogP contribution in [0, 0.1) is 0 Å². The monoisotopic (exact) mass is 250 g/mol. The first-order valence-corrected chi connectivity index (χ1v) is 6.81. The second-order valence-electron chi connectivity index (χ2n) is 5.10. The highest BCUT2D eigenvalue weighted by molar-refractivity contribution is 5.48. The van der Waals surface area contributed by atoms with E-state index in [0.29, 0.717) is 12.5 Å². The van der Waals surface area contributed by atoms with Crippen molar-refractivity contribution in [2.75, 3.05) is 0 Å². The summed E-state index contributed by atoms with van der Waals surface area (Å²) in [5, 5.41) is 16.2. The first kappa shape index (κ1) is 13.3. The number of hydrogen-bond donors (Lipinski definition) is 3. The number of carbonyl (C=O) groups is 1. The van der Waals surface area contributed by atoms with Gasteiger partial charge in [0, 0.05) is 6.04 Å². The van der Waals surface area contributed by atoms with Crippen molar-refractivity contribution in [1.29, 1.82) is 0 Å². The second-order valence-corrected chi connectivity index (χ2v) is 5.10. The van der Waals surface area contributed by atoms with Gasteiger partial charge in [0.1, 0.15) is 6.23 Å². The van der Waals surface area contributed by atoms with Gasteiger partial charge in [-0.1, -0.05) is 37.5 Å². The van der Waals surface area contributed by atoms with Crippen molar-refractivity contribution in [2.24, 2.45) is 0 Å². The Kier molecular flexibility index (Phi) is 4.96. The van der Waals surface area contributed by atoms with Crippen molar-refractivity contribution in [3.8, 4) is 0 Å². The predicted molar refractivity (Wildman–Crippen MR) is 70.8 cm³/mol. The molecule has 0 aliphatic heterocycles. The van der Waals surface area contributed by atoms with Gasteiger partial charge in [-0.05, 0) is 24.8 Å². The van der Waals surface area contributed by atoms with Crippen LogP contribution in [0.25, 0.3) is 0 Å². The van der Waals surface area contributed by atoms with E-state index in [2.05, 4.69) is 10.6 Å². The third-order valence-electron chi connectivity index (χ3n) is 3.69. The summed E-state index contributed by atoms with van der Waals surface area (Å²) in [6.07, 6.45) is 12.8. The molecule has 18 heavy (non-hydrogen) atoms. The Hall–Kier alpha value is -1.13. The number of carbonyl (C=O) groups excluding carboxylic acids is 1. The molecule has 2 aliphatic carbocycles. The van der Waals surface area contributed by atoms with Crippen molar-refractivity contribution < 1.29 is 9.90 Å². The Labute approximate surface area is 108 Å². The number of aliphatic hydroxyl groups is 1. The Bertz CT molecular complexity index is 331. The topological polar surface area (TPSA) is 61.4 Å². The van der Waals surface area contributed by atoms with E-state index in [4.69, 9.17) is 0 Å². The molecule has 2 aliphatic rings. The van der Waals surface area contributed by atoms with E-state index in [1.165, 1.54) is 19.3 Å². The molecule has 0 aromatic rings. The van der Waals surface area contributed by atoms with Crippen LogP contribution >= 0.6 is 0 Å². The van der Waals surface area contributed by atoms with Gasteiger partial charge in [-0.15, -0.1) is 0 Å². The fraction of sp³-hybridized carbons (Fsp3) is 0.643. The average Bonchev–Trinajstić information content (AvgIpc) is 2.40. The Balaban J connectivity index is 1.88. The van der Waals surface area contributed by atoms with Crippen LogP contribution in [0.4, 0.5) is 0 Å². The van der Waals surface area contributed by atoms with Crippen LogP contribution in [0.15, 0.2) is 23.8 Å². The van der Waals surface area contributed by atoms with Gasteiger partial charge in [0.05, 0.1) is 6.04 Å². The van der Waals surface area contributed by atoms with Crippen molar-refractivity contribution in [3.63, 3.8) is 0 Å². The van der Waals surface area contributed by atoms with Gasteiger partial charge in [-0.25, -0.2) is 0 Å². The molecule has 100 valence electrons. The maximum atomic E-state index is 10.4. The maximum absolute atomic E-state index is 10.4. The lowest BCUT2D eigenvalue weighted by atomic mass is 9.94. The van der Waals surface area contributed by atoms with Gasteiger partial charge in [0.15, 0.2) is 0 Å². The molecule has 2 atom stereocenters. The quantitative estimate of drug-likeness (QED) is 0.508. The highest BCUT2D eigenvalue weighted by Gasteiger charge is 2.19. The van der Waals surface area contributed by atoms with Crippen LogP contribution in [0.5, 0.6) is 0 Å². The molecule has 4 nitrogen and oxygen atoms in total. The van der Waals surface area contributed by atoms with Crippen molar-refractivity contribution in [3.05, 3.63) is 23.8 Å². The molecule has 3 N–H and O–H groups in total. The van der Waals surface area contributed by atoms with E-state index in [9.17, 15) is 9.90 Å². The zero-order valence-electron chi connectivity index (χ0n) is 10.6. The summed E-state index contributed by atoms with van der Waals surface area (Å²) in [6, 6.07) is 0.424. The van der Waals surface area contributed by atoms with Crippen LogP contribution in [0.3, 0.4) is 0 Å². The molecule has 0 heterocycles. The Morgan fingerprint density at radius 2 is 2.11 bits per heavy atom. The highest BCUT2D eigenvalue weighted by Crippen LogP contribution is 2.20. The van der Waals surface area contributed by atoms with E-state index >= 15 is 0 Å². The predicted octanol–water partition coefficient (Wildman–Crippen LogP) is 1.23. The fourth-order valence-corrected chi connectivity index (χ4v) is 2.68. The minimum absolute atomic E-state index is 0.00491. The molecule has 0 aromatic heterocycles. The number of nitrogens with one attached hydrogen (secondary N) is 2. The van der Waals surface area contributed by atoms with Gasteiger partial charge >= 0.3 is 0 Å². The summed E-state index contributed by atoms with van der Waals surface area (Å²) < 4.78 is 0. The standard InChI is InChI=1S/C14H22N2O2/c17-10-15-13-8-4-5-11(9-13)14(18)16-12-6-2-1-3-7-12/h4-5,9-10,12-14,16,18H,1-3,6-8H2,(H,15,17). The summed E-state index contributed by atoms with van der Waals surface area (Å²) in [4.78, 5) is 10.4. The zero-order valence-corrected chi connectivity index (χ0v) is 10.6. The van der Waals surface area contributed by atoms with Gasteiger partial charge in [0.25, 0.3) is 0 Å². The number of hydrogen-bond acceptors (Lipinski definition) is 3. The van der Waals surface area contributed by atoms with Crippen LogP contribution in [0.2, 0.25) is 0 Å². The lowest BCUT2D eigenvalue weighted by molar-refractivity contribution is -0.109. The van der Waals surface area contributed by atoms with Gasteiger partial charge in [-0.2, -0.15) is 0 Å². The Morgan fingerprint density at radius 3 is 2.83 bits per heavy atom. The maximum Gasteiger partial charge on any atom is 0.207 e. The summed E-state index contributed by atoms with van der Waals surface area (Å²) >= 11 is 0. The molecule has 0 spiro atoms. The van der Waals surface area contributed by atoms with Crippen LogP contribution in [-0.4, -0.2) is 29.8 Å². The summed E-state index contributed by atoms with van der Waals surface area (Å²) in [7, 11) is 0. The van der Waals surface area contributed by atoms with E-state index in [1.54, 1.807) is 0 Å². The summed E-state index contributed by atoms with van der Waals surface area (Å²) in [5.41, 5.74) is 0.853. The molecule has 0 saturated heterocycles. The number of rotatable bonds is 5.